The molecule has 5 aliphatic rings. The minimum Gasteiger partial charge on any atom is -0.354 e. The minimum atomic E-state index is -2.83. The van der Waals surface area contributed by atoms with E-state index in [1.165, 1.54) is 22.9 Å². The molecule has 0 spiro atoms. The van der Waals surface area contributed by atoms with Gasteiger partial charge in [0.2, 0.25) is 34.9 Å². The van der Waals surface area contributed by atoms with Gasteiger partial charge in [0.15, 0.2) is 140 Å². The van der Waals surface area contributed by atoms with Gasteiger partial charge in [0.05, 0.1) is 101 Å². The number of aromatic amines is 2. The lowest BCUT2D eigenvalue weighted by molar-refractivity contribution is 0.376. The van der Waals surface area contributed by atoms with Crippen molar-refractivity contribution in [2.75, 3.05) is 0 Å². The molecule has 2 N–H and O–H groups in total. The molecule has 0 unspecified atom stereocenters. The lowest BCUT2D eigenvalue weighted by Gasteiger charge is -2.14. The summed E-state index contributed by atoms with van der Waals surface area (Å²) in [7, 11) is 0. The molecule has 124 heavy (non-hydrogen) atoms. The Morgan fingerprint density at radius 2 is 0.411 bits per heavy atom. The second-order valence-electron chi connectivity index (χ2n) is 27.3. The monoisotopic (exact) mass is 1780 g/mol. The van der Waals surface area contributed by atoms with Gasteiger partial charge in [-0.1, -0.05) is 0 Å². The number of nitrogens with one attached hydrogen (secondary N) is 2. The third-order valence-electron chi connectivity index (χ3n) is 20.8. The number of rotatable bonds is 6. The number of allylic oxidation sites excluding steroid dienone is 6. The molecular weight excluding hydrogens is 1760 g/mol. The second kappa shape index (κ2) is 28.2. The highest BCUT2D eigenvalue weighted by molar-refractivity contribution is 7.17. The van der Waals surface area contributed by atoms with E-state index in [-0.39, 0.29) is 41.9 Å². The van der Waals surface area contributed by atoms with Crippen molar-refractivity contribution in [3.8, 4) is 0 Å². The number of aromatic nitrogens is 4. The van der Waals surface area contributed by atoms with Gasteiger partial charge in [-0.05, 0) is 120 Å². The molecule has 0 atom stereocenters. The molecule has 0 saturated heterocycles. The van der Waals surface area contributed by atoms with E-state index in [9.17, 15) is 0 Å². The van der Waals surface area contributed by atoms with Crippen LogP contribution in [-0.2, 0) is 0 Å². The maximum atomic E-state index is 17.0. The van der Waals surface area contributed by atoms with Crippen molar-refractivity contribution < 1.29 is 132 Å². The van der Waals surface area contributed by atoms with Crippen molar-refractivity contribution in [1.82, 2.24) is 18.8 Å². The molecule has 20 bridgehead atoms. The first-order valence-electron chi connectivity index (χ1n) is 34.7. The number of aliphatic imine (C=N–C) groups is 4. The molecule has 0 radical (unpaired) electrons. The van der Waals surface area contributed by atoms with Gasteiger partial charge in [-0.2, -0.15) is 0 Å². The Morgan fingerprint density at radius 3 is 0.645 bits per heavy atom. The molecule has 40 heteroatoms. The number of H-pyrrole nitrogens is 2. The standard InChI is InChI=1S/C84H22F30N8S2/c85-53-47(54(86)66(98)77(109)65(53)97)41-25-3-1-23(115-25)39-21-17-19-123-83(21)121-35(39)13-15-37(121)45(51-61(93)73(105)81(113)74(106)62(51)94)33-11-9-32(119-33)44(50-59(91)71(103)80(112)72(104)60(50)92)30-8-6-28(118-30)42(48-55(87)67(99)78(110)68(100)56(48)88)26-4-2-24(116-26)40-22-18-20-124-84(22)122-36(40)14-16-38(122)46(52-63(95)75(107)82(114)76(108)64(52)96)34-12-10-31(120-34)43(29-7-5-27(41)117-29)49-57(89)69(101)79(111)70(102)58(49)90/h1-20,117-118H. The van der Waals surface area contributed by atoms with Crippen LogP contribution in [0.5, 0.6) is 0 Å². The number of nitrogens with zero attached hydrogens (tertiary/aromatic N) is 6. The summed E-state index contributed by atoms with van der Waals surface area (Å²) in [4.78, 5) is 21.8. The normalized spacial score (nSPS) is 14.9. The van der Waals surface area contributed by atoms with Gasteiger partial charge < -0.3 is 9.97 Å². The van der Waals surface area contributed by atoms with Crippen LogP contribution in [0.25, 0.3) is 76.3 Å². The van der Waals surface area contributed by atoms with Crippen LogP contribution in [0.1, 0.15) is 44.8 Å². The largest absolute Gasteiger partial charge is 0.354 e. The van der Waals surface area contributed by atoms with E-state index in [4.69, 9.17) is 0 Å². The fraction of sp³-hybridized carbons (Fsp3) is 0. The van der Waals surface area contributed by atoms with Crippen LogP contribution >= 0.6 is 22.7 Å². The molecule has 0 amide bonds. The summed E-state index contributed by atoms with van der Waals surface area (Å²) in [6.07, 6.45) is 5.89. The molecule has 5 aliphatic heterocycles. The highest BCUT2D eigenvalue weighted by Gasteiger charge is 2.41. The maximum absolute atomic E-state index is 17.0. The van der Waals surface area contributed by atoms with E-state index in [2.05, 4.69) is 29.9 Å². The molecule has 6 aromatic carbocycles. The predicted molar refractivity (Wildman–Crippen MR) is 389 cm³/mol. The Bertz CT molecular complexity index is 7580. The maximum Gasteiger partial charge on any atom is 0.200 e. The summed E-state index contributed by atoms with van der Waals surface area (Å²) < 4.78 is 486. The molecule has 8 aromatic heterocycles. The molecule has 19 rings (SSSR count). The van der Waals surface area contributed by atoms with E-state index in [1.54, 1.807) is 0 Å². The van der Waals surface area contributed by atoms with Gasteiger partial charge in [0.1, 0.15) is 9.66 Å². The van der Waals surface area contributed by atoms with Gasteiger partial charge in [0, 0.05) is 76.0 Å². The Labute approximate surface area is 671 Å². The van der Waals surface area contributed by atoms with Crippen molar-refractivity contribution >= 4 is 122 Å². The second-order valence-corrected chi connectivity index (χ2v) is 29.0. The highest BCUT2D eigenvalue weighted by atomic mass is 32.1. The fourth-order valence-electron chi connectivity index (χ4n) is 15.5. The van der Waals surface area contributed by atoms with Gasteiger partial charge in [-0.15, -0.1) is 22.7 Å². The van der Waals surface area contributed by atoms with Crippen molar-refractivity contribution in [3.05, 3.63) is 383 Å². The zero-order valence-electron chi connectivity index (χ0n) is 59.4. The lowest BCUT2D eigenvalue weighted by Crippen LogP contribution is -2.24. The van der Waals surface area contributed by atoms with Gasteiger partial charge in [0.25, 0.3) is 0 Å². The van der Waals surface area contributed by atoms with Crippen molar-refractivity contribution in [2.45, 2.75) is 0 Å². The molecule has 8 nitrogen and oxygen atoms in total. The number of hydrogen-bond donors (Lipinski definition) is 2. The fourth-order valence-corrected chi connectivity index (χ4v) is 17.4. The summed E-state index contributed by atoms with van der Waals surface area (Å²) in [5.41, 5.74) is -28.9. The summed E-state index contributed by atoms with van der Waals surface area (Å²) in [5.74, 6) is -81.4. The number of halogens is 30. The number of benzene rings is 6. The first kappa shape index (κ1) is 79.6. The molecule has 0 aliphatic carbocycles. The van der Waals surface area contributed by atoms with Crippen LogP contribution in [0.15, 0.2) is 151 Å². The van der Waals surface area contributed by atoms with Gasteiger partial charge >= 0.3 is 0 Å². The number of fused-ring (bicyclic) bond motifs is 12. The molecule has 14 aromatic rings. The Kier molecular flexibility index (Phi) is 18.1. The predicted octanol–water partition coefficient (Wildman–Crippen LogP) is 18.6. The van der Waals surface area contributed by atoms with Crippen LogP contribution in [0.4, 0.5) is 132 Å². The number of hydrogen-bond acceptors (Lipinski definition) is 6. The van der Waals surface area contributed by atoms with Crippen LogP contribution in [0, 0.1) is 175 Å². The average molecular weight is 1780 g/mol. The minimum absolute atomic E-state index is 0.0921. The number of thiophene rings is 2. The van der Waals surface area contributed by atoms with Crippen molar-refractivity contribution in [1.29, 1.82) is 0 Å². The third-order valence-corrected chi connectivity index (χ3v) is 22.6. The van der Waals surface area contributed by atoms with E-state index in [0.717, 1.165) is 57.4 Å². The topological polar surface area (TPSA) is 89.8 Å². The third kappa shape index (κ3) is 11.0. The van der Waals surface area contributed by atoms with Gasteiger partial charge in [-0.25, -0.2) is 152 Å². The molecular formula is C84H22F30N8S2. The first-order valence-corrected chi connectivity index (χ1v) is 36.5. The molecule has 0 fully saturated rings. The SMILES string of the molecule is Fc1c(F)c(F)c(C2=C3C=CC(=N3)C(c3c(F)c(F)c(F)c(F)c3F)=c3ccc([nH]3)=C(c3c(F)c(F)c(F)c(F)c3F)C3=NC(=c4c5ccsc5n5c(ccc45)C(c4c(F)c(F)c(F)c(F)c4F)=C4C=CC(=N4)C(c4c(F)c(F)c(F)c(F)c4F)=c4ccc([nH]4)=C(c4c(F)c(F)c(F)c(F)c4F)C4=NC(=c5c6ccsc6n6c2ccc56)C=C4)C=C3)c(F)c1F. The van der Waals surface area contributed by atoms with Crippen LogP contribution in [0.2, 0.25) is 0 Å². The smallest absolute Gasteiger partial charge is 0.200 e. The first-order chi connectivity index (χ1) is 59.1. The zero-order chi connectivity index (χ0) is 87.9. The summed E-state index contributed by atoms with van der Waals surface area (Å²) in [5, 5.41) is -2.31. The van der Waals surface area contributed by atoms with E-state index < -0.39 is 320 Å². The quantitative estimate of drug-likeness (QED) is 0.0944. The van der Waals surface area contributed by atoms with E-state index in [0.29, 0.717) is 71.2 Å². The van der Waals surface area contributed by atoms with Crippen LogP contribution < -0.4 is 31.8 Å². The summed E-state index contributed by atoms with van der Waals surface area (Å²) >= 11 is 1.37. The van der Waals surface area contributed by atoms with E-state index in [1.807, 2.05) is 0 Å². The van der Waals surface area contributed by atoms with Crippen molar-refractivity contribution in [2.24, 2.45) is 20.0 Å². The summed E-state index contributed by atoms with van der Waals surface area (Å²) in [6.45, 7) is 0. The molecule has 13 heterocycles. The van der Waals surface area contributed by atoms with Gasteiger partial charge in [-0.3, -0.25) is 8.80 Å². The molecule has 620 valence electrons. The Balaban J connectivity index is 1.01. The van der Waals surface area contributed by atoms with Crippen molar-refractivity contribution in [3.63, 3.8) is 0 Å². The summed E-state index contributed by atoms with van der Waals surface area (Å²) in [6, 6.07) is 8.78. The van der Waals surface area contributed by atoms with Crippen LogP contribution in [0.3, 0.4) is 0 Å². The lowest BCUT2D eigenvalue weighted by atomic mass is 9.98. The Morgan fingerprint density at radius 1 is 0.210 bits per heavy atom. The van der Waals surface area contributed by atoms with Crippen LogP contribution in [-0.4, -0.2) is 41.6 Å². The average Bonchev–Trinajstić information content (AvgIpc) is 1.55. The highest BCUT2D eigenvalue weighted by Crippen LogP contribution is 2.45. The Hall–Kier alpha value is -14.2. The zero-order valence-corrected chi connectivity index (χ0v) is 61.0. The van der Waals surface area contributed by atoms with E-state index >= 15 is 132 Å². The molecule has 0 saturated carbocycles.